The first-order valence-electron chi connectivity index (χ1n) is 15.9. The number of nitrogens with one attached hydrogen (secondary N) is 1. The lowest BCUT2D eigenvalue weighted by atomic mass is 9.94. The van der Waals surface area contributed by atoms with Gasteiger partial charge in [0.25, 0.3) is 5.70 Å². The van der Waals surface area contributed by atoms with Crippen molar-refractivity contribution in [2.45, 2.75) is 12.8 Å². The van der Waals surface area contributed by atoms with Gasteiger partial charge in [-0.05, 0) is 53.1 Å². The van der Waals surface area contributed by atoms with E-state index in [0.29, 0.717) is 55.7 Å². The molecule has 1 amide bonds. The van der Waals surface area contributed by atoms with Crippen LogP contribution >= 0.6 is 0 Å². The van der Waals surface area contributed by atoms with Gasteiger partial charge in [0.1, 0.15) is 11.6 Å². The predicted molar refractivity (Wildman–Crippen MR) is 193 cm³/mol. The fraction of sp³-hybridized carbons (Fsp3) is 0.171. The lowest BCUT2D eigenvalue weighted by molar-refractivity contribution is 0.100. The Kier molecular flexibility index (Phi) is 13.0. The summed E-state index contributed by atoms with van der Waals surface area (Å²) in [5, 5.41) is 47.2. The second-order valence-electron chi connectivity index (χ2n) is 11.1. The second kappa shape index (κ2) is 18.2. The van der Waals surface area contributed by atoms with Gasteiger partial charge in [0, 0.05) is 43.0 Å². The molecule has 0 aromatic heterocycles. The first-order chi connectivity index (χ1) is 24.9. The van der Waals surface area contributed by atoms with Crippen LogP contribution in [0.1, 0.15) is 24.0 Å². The fourth-order valence-corrected chi connectivity index (χ4v) is 5.91. The van der Waals surface area contributed by atoms with E-state index in [9.17, 15) is 25.8 Å². The molecular formula is C41H32N8O2. The third-order valence-corrected chi connectivity index (χ3v) is 8.27. The molecule has 1 fully saturated rings. The van der Waals surface area contributed by atoms with Gasteiger partial charge in [-0.15, -0.1) is 0 Å². The summed E-state index contributed by atoms with van der Waals surface area (Å²) in [6.45, 7) is 9.55. The number of methoxy groups -OCH3 is 1. The van der Waals surface area contributed by atoms with Crippen LogP contribution in [0.25, 0.3) is 16.0 Å². The van der Waals surface area contributed by atoms with Crippen LogP contribution in [0.2, 0.25) is 0 Å². The van der Waals surface area contributed by atoms with E-state index < -0.39 is 0 Å². The van der Waals surface area contributed by atoms with Crippen molar-refractivity contribution in [3.63, 3.8) is 0 Å². The lowest BCUT2D eigenvalue weighted by Gasteiger charge is -2.36. The molecule has 0 spiro atoms. The minimum absolute atomic E-state index is 0.0549. The smallest absolute Gasteiger partial charge is 0.409 e. The number of hydrogen-bond donors (Lipinski definition) is 1. The largest absolute Gasteiger partial charge is 0.453 e. The highest BCUT2D eigenvalue weighted by Crippen LogP contribution is 2.36. The van der Waals surface area contributed by atoms with Crippen LogP contribution in [0.15, 0.2) is 136 Å². The SMILES string of the molecule is [C-]#[N+]/C(C#N)=C(/C(C#N)=C/C=C/C1=C(N2CCN(C(=O)OC)CC2)C(=C/C=C/C(C#N)=C(/C(=C=N)C#N)c2ccccc2)/CC1)c1ccccc1. The normalized spacial score (nSPS) is 16.3. The number of allylic oxidation sites excluding steroid dienone is 14. The maximum atomic E-state index is 12.2. The quantitative estimate of drug-likeness (QED) is 0.126. The van der Waals surface area contributed by atoms with Crippen LogP contribution in [-0.2, 0) is 4.74 Å². The van der Waals surface area contributed by atoms with Crippen LogP contribution < -0.4 is 0 Å². The van der Waals surface area contributed by atoms with Crippen LogP contribution in [-0.4, -0.2) is 55.1 Å². The molecule has 4 rings (SSSR count). The molecule has 1 saturated heterocycles. The van der Waals surface area contributed by atoms with Gasteiger partial charge in [0.05, 0.1) is 43.0 Å². The maximum Gasteiger partial charge on any atom is 0.409 e. The highest BCUT2D eigenvalue weighted by molar-refractivity contribution is 5.95. The van der Waals surface area contributed by atoms with E-state index >= 15 is 0 Å². The van der Waals surface area contributed by atoms with Crippen LogP contribution in [0.3, 0.4) is 0 Å². The van der Waals surface area contributed by atoms with Crippen molar-refractivity contribution in [1.82, 2.24) is 9.80 Å². The molecule has 0 saturated carbocycles. The molecule has 0 atom stereocenters. The third-order valence-electron chi connectivity index (χ3n) is 8.27. The Hall–Kier alpha value is -7.41. The topological polar surface area (TPSA) is 156 Å². The molecule has 0 bridgehead atoms. The summed E-state index contributed by atoms with van der Waals surface area (Å²) in [6.07, 6.45) is 11.5. The van der Waals surface area contributed by atoms with E-state index in [1.165, 1.54) is 7.11 Å². The Morgan fingerprint density at radius 1 is 0.863 bits per heavy atom. The summed E-state index contributed by atoms with van der Waals surface area (Å²) < 4.78 is 4.91. The number of nitriles is 4. The van der Waals surface area contributed by atoms with Crippen molar-refractivity contribution in [3.8, 4) is 24.3 Å². The van der Waals surface area contributed by atoms with Crippen molar-refractivity contribution in [2.75, 3.05) is 33.3 Å². The lowest BCUT2D eigenvalue weighted by Crippen LogP contribution is -2.48. The number of ether oxygens (including phenoxy) is 1. The predicted octanol–water partition coefficient (Wildman–Crippen LogP) is 7.44. The standard InChI is InChI=1S/C41H32N8O2/c1-47-37(29-46)39(31-13-7-4-8-14-31)35(26-43)18-10-16-33-20-19-32(40(33)48-21-23-49(24-22-48)41(50)51-2)15-9-17-34(25-42)38(36(27-44)28-45)30-11-5-3-6-12-30/h3-18,44H,19-24H2,2H3/b16-10+,17-9+,32-15+,35-18+,38-34-,39-37+. The monoisotopic (exact) mass is 668 g/mol. The Morgan fingerprint density at radius 2 is 1.51 bits per heavy atom. The molecular weight excluding hydrogens is 637 g/mol. The Labute approximate surface area is 297 Å². The molecule has 1 heterocycles. The Balaban J connectivity index is 1.78. The molecule has 1 aliphatic heterocycles. The molecule has 2 aromatic carbocycles. The Bertz CT molecular complexity index is 2140. The van der Waals surface area contributed by atoms with Crippen molar-refractivity contribution in [2.24, 2.45) is 0 Å². The number of amides is 1. The summed E-state index contributed by atoms with van der Waals surface area (Å²) in [5.41, 5.74) is 4.89. The molecule has 2 aliphatic rings. The van der Waals surface area contributed by atoms with Crippen molar-refractivity contribution >= 4 is 23.1 Å². The molecule has 10 nitrogen and oxygen atoms in total. The molecule has 2 aromatic rings. The third kappa shape index (κ3) is 8.74. The summed E-state index contributed by atoms with van der Waals surface area (Å²) in [6, 6.07) is 26.0. The molecule has 51 heavy (non-hydrogen) atoms. The van der Waals surface area contributed by atoms with Gasteiger partial charge in [-0.3, -0.25) is 5.41 Å². The van der Waals surface area contributed by atoms with Gasteiger partial charge >= 0.3 is 6.09 Å². The van der Waals surface area contributed by atoms with Gasteiger partial charge in [0.15, 0.2) is 0 Å². The molecule has 1 N–H and O–H groups in total. The maximum absolute atomic E-state index is 12.2. The average molecular weight is 669 g/mol. The highest BCUT2D eigenvalue weighted by Gasteiger charge is 2.28. The molecule has 10 heteroatoms. The van der Waals surface area contributed by atoms with Gasteiger partial charge in [-0.25, -0.2) is 14.9 Å². The van der Waals surface area contributed by atoms with Crippen molar-refractivity contribution in [3.05, 3.63) is 159 Å². The van der Waals surface area contributed by atoms with Crippen molar-refractivity contribution in [1.29, 1.82) is 26.5 Å². The average Bonchev–Trinajstić information content (AvgIpc) is 3.59. The van der Waals surface area contributed by atoms with E-state index in [1.54, 1.807) is 77.7 Å². The van der Waals surface area contributed by atoms with Gasteiger partial charge in [-0.1, -0.05) is 85.0 Å². The second-order valence-corrected chi connectivity index (χ2v) is 11.1. The zero-order valence-electron chi connectivity index (χ0n) is 27.9. The van der Waals surface area contributed by atoms with Gasteiger partial charge in [-0.2, -0.15) is 15.8 Å². The number of nitrogens with zero attached hydrogens (tertiary/aromatic N) is 7. The van der Waals surface area contributed by atoms with Crippen LogP contribution in [0.5, 0.6) is 0 Å². The summed E-state index contributed by atoms with van der Waals surface area (Å²) in [5.74, 6) is 2.16. The number of rotatable bonds is 9. The molecule has 1 aliphatic carbocycles. The number of hydrogen-bond acceptors (Lipinski definition) is 8. The number of carbonyl (C=O) groups is 1. The van der Waals surface area contributed by atoms with Gasteiger partial charge in [0.2, 0.25) is 0 Å². The summed E-state index contributed by atoms with van der Waals surface area (Å²) in [4.78, 5) is 19.4. The molecule has 0 radical (unpaired) electrons. The van der Waals surface area contributed by atoms with Crippen LogP contribution in [0, 0.1) is 57.3 Å². The van der Waals surface area contributed by atoms with Gasteiger partial charge < -0.3 is 14.5 Å². The van der Waals surface area contributed by atoms with E-state index in [1.807, 2.05) is 36.4 Å². The van der Waals surface area contributed by atoms with E-state index in [4.69, 9.17) is 16.7 Å². The van der Waals surface area contributed by atoms with Crippen molar-refractivity contribution < 1.29 is 9.53 Å². The number of piperazine rings is 1. The zero-order valence-corrected chi connectivity index (χ0v) is 27.9. The number of benzene rings is 2. The van der Waals surface area contributed by atoms with E-state index in [0.717, 1.165) is 16.8 Å². The first kappa shape index (κ1) is 36.4. The minimum Gasteiger partial charge on any atom is -0.453 e. The fourth-order valence-electron chi connectivity index (χ4n) is 5.91. The highest BCUT2D eigenvalue weighted by atomic mass is 16.5. The van der Waals surface area contributed by atoms with E-state index in [2.05, 4.69) is 27.8 Å². The molecule has 248 valence electrons. The summed E-state index contributed by atoms with van der Waals surface area (Å²) in [7, 11) is 1.36. The number of carbonyl (C=O) groups excluding carboxylic acids is 1. The minimum atomic E-state index is -0.387. The van der Waals surface area contributed by atoms with E-state index in [-0.39, 0.29) is 34.1 Å². The summed E-state index contributed by atoms with van der Waals surface area (Å²) >= 11 is 0. The van der Waals surface area contributed by atoms with Crippen LogP contribution in [0.4, 0.5) is 4.79 Å². The molecule has 0 unspecified atom stereocenters. The first-order valence-corrected chi connectivity index (χ1v) is 15.9. The zero-order chi connectivity index (χ0) is 36.6. The Morgan fingerprint density at radius 3 is 2.04 bits per heavy atom.